The van der Waals surface area contributed by atoms with Gasteiger partial charge >= 0.3 is 11.9 Å². The number of allylic oxidation sites excluding steroid dienone is 3. The van der Waals surface area contributed by atoms with Crippen molar-refractivity contribution >= 4 is 20.3 Å². The van der Waals surface area contributed by atoms with Crippen molar-refractivity contribution in [2.45, 2.75) is 143 Å². The van der Waals surface area contributed by atoms with Gasteiger partial charge in [0, 0.05) is 12.3 Å². The molecule has 3 rings (SSSR count). The van der Waals surface area contributed by atoms with E-state index in [1.165, 1.54) is 5.57 Å². The lowest BCUT2D eigenvalue weighted by Crippen LogP contribution is -2.47. The van der Waals surface area contributed by atoms with E-state index in [-0.39, 0.29) is 46.6 Å². The molecule has 1 aliphatic heterocycles. The van der Waals surface area contributed by atoms with Gasteiger partial charge in [-0.2, -0.15) is 0 Å². The topological polar surface area (TPSA) is 61.8 Å². The van der Waals surface area contributed by atoms with Crippen molar-refractivity contribution in [3.63, 3.8) is 0 Å². The maximum absolute atomic E-state index is 13.4. The molecule has 6 atom stereocenters. The number of rotatable bonds is 10. The fourth-order valence-corrected chi connectivity index (χ4v) is 7.85. The maximum atomic E-state index is 13.4. The van der Waals surface area contributed by atoms with Gasteiger partial charge in [-0.25, -0.2) is 0 Å². The number of cyclic esters (lactones) is 1. The lowest BCUT2D eigenvalue weighted by molar-refractivity contribution is -0.167. The summed E-state index contributed by atoms with van der Waals surface area (Å²) in [7, 11) is -1.96. The van der Waals surface area contributed by atoms with E-state index < -0.39 is 8.32 Å². The molecule has 0 bridgehead atoms. The average molecular weight is 547 g/mol. The Bertz CT molecular complexity index is 886. The van der Waals surface area contributed by atoms with Crippen molar-refractivity contribution < 1.29 is 23.5 Å². The molecule has 0 N–H and O–H groups in total. The molecule has 38 heavy (non-hydrogen) atoms. The van der Waals surface area contributed by atoms with Crippen LogP contribution in [0.2, 0.25) is 18.1 Å². The molecule has 1 heterocycles. The largest absolute Gasteiger partial charge is 0.462 e. The van der Waals surface area contributed by atoms with E-state index in [1.54, 1.807) is 0 Å². The summed E-state index contributed by atoms with van der Waals surface area (Å²) in [4.78, 5) is 26.0. The quantitative estimate of drug-likeness (QED) is 0.204. The summed E-state index contributed by atoms with van der Waals surface area (Å²) in [5.41, 5.74) is 0.926. The van der Waals surface area contributed by atoms with E-state index in [1.807, 2.05) is 0 Å². The first-order valence-electron chi connectivity index (χ1n) is 15.2. The van der Waals surface area contributed by atoms with Gasteiger partial charge in [-0.3, -0.25) is 9.59 Å². The van der Waals surface area contributed by atoms with E-state index >= 15 is 0 Å². The lowest BCUT2D eigenvalue weighted by atomic mass is 9.66. The van der Waals surface area contributed by atoms with Crippen LogP contribution >= 0.6 is 0 Å². The molecule has 2 aliphatic carbocycles. The van der Waals surface area contributed by atoms with Gasteiger partial charge in [-0.1, -0.05) is 66.7 Å². The van der Waals surface area contributed by atoms with Crippen LogP contribution in [-0.4, -0.2) is 38.6 Å². The van der Waals surface area contributed by atoms with Gasteiger partial charge in [0.05, 0.1) is 17.9 Å². The summed E-state index contributed by atoms with van der Waals surface area (Å²) in [6.45, 7) is 19.8. The monoisotopic (exact) mass is 546 g/mol. The molecule has 0 aromatic heterocycles. The Kier molecular flexibility index (Phi) is 10.2. The number of hydrogen-bond acceptors (Lipinski definition) is 5. The molecule has 0 unspecified atom stereocenters. The molecule has 0 spiro atoms. The predicted octanol–water partition coefficient (Wildman–Crippen LogP) is 8.15. The summed E-state index contributed by atoms with van der Waals surface area (Å²) in [5, 5.41) is 0.106. The smallest absolute Gasteiger partial charge is 0.312 e. The highest BCUT2D eigenvalue weighted by Gasteiger charge is 2.44. The minimum absolute atomic E-state index is 0.0240. The van der Waals surface area contributed by atoms with Gasteiger partial charge in [0.1, 0.15) is 12.2 Å². The van der Waals surface area contributed by atoms with Gasteiger partial charge in [-0.05, 0) is 80.5 Å². The normalized spacial score (nSPS) is 30.3. The van der Waals surface area contributed by atoms with Crippen LogP contribution in [0.5, 0.6) is 0 Å². The van der Waals surface area contributed by atoms with Crippen molar-refractivity contribution in [3.8, 4) is 0 Å². The third-order valence-electron chi connectivity index (χ3n) is 10.4. The minimum atomic E-state index is -1.96. The van der Waals surface area contributed by atoms with Gasteiger partial charge in [0.2, 0.25) is 0 Å². The Hall–Kier alpha value is -1.40. The first kappa shape index (κ1) is 31.1. The maximum Gasteiger partial charge on any atom is 0.312 e. The molecule has 0 radical (unpaired) electrons. The van der Waals surface area contributed by atoms with Gasteiger partial charge < -0.3 is 13.9 Å². The van der Waals surface area contributed by atoms with Crippen LogP contribution in [-0.2, 0) is 23.5 Å². The number of fused-ring (bicyclic) bond motifs is 1. The van der Waals surface area contributed by atoms with E-state index in [4.69, 9.17) is 13.9 Å². The second-order valence-corrected chi connectivity index (χ2v) is 18.4. The predicted molar refractivity (Wildman–Crippen MR) is 156 cm³/mol. The van der Waals surface area contributed by atoms with E-state index in [0.717, 1.165) is 51.4 Å². The third-order valence-corrected chi connectivity index (χ3v) is 14.9. The molecule has 0 amide bonds. The van der Waals surface area contributed by atoms with Crippen molar-refractivity contribution in [1.29, 1.82) is 0 Å². The second kappa shape index (κ2) is 12.4. The van der Waals surface area contributed by atoms with Crippen LogP contribution in [0, 0.1) is 23.2 Å². The van der Waals surface area contributed by atoms with E-state index in [0.29, 0.717) is 18.3 Å². The first-order valence-corrected chi connectivity index (χ1v) is 18.1. The molecule has 0 aromatic carbocycles. The molecule has 6 heteroatoms. The number of esters is 2. The standard InChI is InChI=1S/C32H54O5Si/c1-10-32(11-2,12-3)30(34)36-27-15-13-14-23-17-16-22(4)26(29(23)27)19-18-24-20-25(21-28(33)35-24)37-38(8,9)31(5,6)7/h14,16-17,22,24-27,29H,10-13,15,18-21H2,1-9H3/t22-,24+,25+,26-,27-,29-/m0/s1. The molecule has 0 aromatic rings. The Morgan fingerprint density at radius 3 is 2.37 bits per heavy atom. The first-order chi connectivity index (χ1) is 17.8. The molecule has 1 fully saturated rings. The Morgan fingerprint density at radius 2 is 1.76 bits per heavy atom. The van der Waals surface area contributed by atoms with Crippen molar-refractivity contribution in [2.75, 3.05) is 0 Å². The van der Waals surface area contributed by atoms with Crippen LogP contribution in [0.3, 0.4) is 0 Å². The van der Waals surface area contributed by atoms with Crippen LogP contribution in [0.25, 0.3) is 0 Å². The summed E-state index contributed by atoms with van der Waals surface area (Å²) >= 11 is 0. The molecule has 5 nitrogen and oxygen atoms in total. The minimum Gasteiger partial charge on any atom is -0.462 e. The molecule has 3 aliphatic rings. The fourth-order valence-electron chi connectivity index (χ4n) is 6.48. The SMILES string of the molecule is CCC(CC)(CC)C(=O)O[C@H]1CCC=C2C=C[C@H](C)[C@H](CC[C@@H]3C[C@@H](O[Si](C)(C)C(C)(C)C)CC(=O)O3)[C@H]21. The summed E-state index contributed by atoms with van der Waals surface area (Å²) in [6, 6.07) is 0. The zero-order valence-electron chi connectivity index (χ0n) is 25.6. The summed E-state index contributed by atoms with van der Waals surface area (Å²) in [6.07, 6.45) is 13.8. The van der Waals surface area contributed by atoms with Gasteiger partial charge in [-0.15, -0.1) is 0 Å². The summed E-state index contributed by atoms with van der Waals surface area (Å²) < 4.78 is 18.8. The van der Waals surface area contributed by atoms with Gasteiger partial charge in [0.25, 0.3) is 0 Å². The Morgan fingerprint density at radius 1 is 1.11 bits per heavy atom. The van der Waals surface area contributed by atoms with Crippen LogP contribution < -0.4 is 0 Å². The molecule has 0 saturated carbocycles. The van der Waals surface area contributed by atoms with Crippen molar-refractivity contribution in [1.82, 2.24) is 0 Å². The van der Waals surface area contributed by atoms with E-state index in [9.17, 15) is 9.59 Å². The highest BCUT2D eigenvalue weighted by Crippen LogP contribution is 2.45. The van der Waals surface area contributed by atoms with Crippen LogP contribution in [0.4, 0.5) is 0 Å². The molecule has 1 saturated heterocycles. The Balaban J connectivity index is 1.71. The second-order valence-electron chi connectivity index (χ2n) is 13.6. The fraction of sp³-hybridized carbons (Fsp3) is 0.812. The Labute approximate surface area is 233 Å². The highest BCUT2D eigenvalue weighted by molar-refractivity contribution is 6.74. The van der Waals surface area contributed by atoms with Crippen LogP contribution in [0.15, 0.2) is 23.8 Å². The number of carbonyl (C=O) groups is 2. The highest BCUT2D eigenvalue weighted by atomic mass is 28.4. The van der Waals surface area contributed by atoms with E-state index in [2.05, 4.69) is 79.8 Å². The van der Waals surface area contributed by atoms with Gasteiger partial charge in [0.15, 0.2) is 8.32 Å². The van der Waals surface area contributed by atoms with Crippen LogP contribution in [0.1, 0.15) is 106 Å². The third kappa shape index (κ3) is 6.83. The number of carbonyl (C=O) groups excluding carboxylic acids is 2. The van der Waals surface area contributed by atoms with Crippen molar-refractivity contribution in [3.05, 3.63) is 23.8 Å². The summed E-state index contributed by atoms with van der Waals surface area (Å²) in [5.74, 6) is 0.771. The lowest BCUT2D eigenvalue weighted by Gasteiger charge is -2.43. The number of hydrogen-bond donors (Lipinski definition) is 0. The zero-order chi connectivity index (χ0) is 28.3. The number of ether oxygens (including phenoxy) is 2. The molecular weight excluding hydrogens is 492 g/mol. The molecular formula is C32H54O5Si. The van der Waals surface area contributed by atoms with Crippen molar-refractivity contribution in [2.24, 2.45) is 23.2 Å². The zero-order valence-corrected chi connectivity index (χ0v) is 26.6. The molecule has 216 valence electrons. The average Bonchev–Trinajstić information content (AvgIpc) is 2.84.